The summed E-state index contributed by atoms with van der Waals surface area (Å²) >= 11 is 0. The van der Waals surface area contributed by atoms with Crippen LogP contribution in [0.1, 0.15) is 93.7 Å². The Bertz CT molecular complexity index is 735. The molecule has 0 atom stereocenters. The van der Waals surface area contributed by atoms with Gasteiger partial charge in [0.15, 0.2) is 0 Å². The summed E-state index contributed by atoms with van der Waals surface area (Å²) in [5.74, 6) is -0.276. The van der Waals surface area contributed by atoms with Gasteiger partial charge in [-0.3, -0.25) is 0 Å². The van der Waals surface area contributed by atoms with Crippen molar-refractivity contribution in [2.24, 2.45) is 5.92 Å². The first kappa shape index (κ1) is 21.9. The molecule has 0 heterocycles. The summed E-state index contributed by atoms with van der Waals surface area (Å²) in [6.45, 7) is 2.24. The molecule has 1 fully saturated rings. The molecule has 3 rings (SSSR count). The highest BCUT2D eigenvalue weighted by molar-refractivity contribution is 5.33. The van der Waals surface area contributed by atoms with Gasteiger partial charge in [-0.25, -0.2) is 13.2 Å². The van der Waals surface area contributed by atoms with Gasteiger partial charge in [0.05, 0.1) is 0 Å². The van der Waals surface area contributed by atoms with Crippen molar-refractivity contribution < 1.29 is 13.2 Å². The van der Waals surface area contributed by atoms with Crippen LogP contribution in [0.25, 0.3) is 0 Å². The average Bonchev–Trinajstić information content (AvgIpc) is 2.72. The van der Waals surface area contributed by atoms with E-state index in [4.69, 9.17) is 0 Å². The topological polar surface area (TPSA) is 0 Å². The van der Waals surface area contributed by atoms with Gasteiger partial charge in [0.2, 0.25) is 0 Å². The molecule has 0 aromatic heterocycles. The van der Waals surface area contributed by atoms with E-state index in [9.17, 15) is 13.2 Å². The van der Waals surface area contributed by atoms with E-state index >= 15 is 0 Å². The molecular weight excluding hydrogens is 369 g/mol. The number of halogens is 3. The smallest absolute Gasteiger partial charge is 0.129 e. The van der Waals surface area contributed by atoms with Crippen LogP contribution in [0.3, 0.4) is 0 Å². The maximum atomic E-state index is 14.7. The molecule has 1 saturated carbocycles. The third kappa shape index (κ3) is 6.35. The first-order chi connectivity index (χ1) is 14.1. The molecule has 0 unspecified atom stereocenters. The summed E-state index contributed by atoms with van der Waals surface area (Å²) in [7, 11) is 0. The van der Waals surface area contributed by atoms with E-state index in [1.54, 1.807) is 12.1 Å². The highest BCUT2D eigenvalue weighted by Gasteiger charge is 2.24. The molecule has 0 aliphatic heterocycles. The van der Waals surface area contributed by atoms with Crippen LogP contribution in [0, 0.1) is 23.4 Å². The SMILES string of the molecule is CCCCCCCC1CCC(c2cc(F)c(Cc3ccc(F)cc3)c(F)c2)CC1. The summed E-state index contributed by atoms with van der Waals surface area (Å²) < 4.78 is 42.4. The molecule has 0 spiro atoms. The van der Waals surface area contributed by atoms with Gasteiger partial charge in [-0.1, -0.05) is 57.6 Å². The lowest BCUT2D eigenvalue weighted by Crippen LogP contribution is -2.14. The Balaban J connectivity index is 1.55. The first-order valence-corrected chi connectivity index (χ1v) is 11.3. The Labute approximate surface area is 173 Å². The van der Waals surface area contributed by atoms with E-state index in [1.807, 2.05) is 0 Å². The van der Waals surface area contributed by atoms with E-state index in [0.717, 1.165) is 24.3 Å². The molecule has 0 amide bonds. The number of rotatable bonds is 9. The standard InChI is InChI=1S/C26H33F3/c1-2-3-4-5-6-7-19-8-12-21(13-9-19)22-17-25(28)24(26(29)18-22)16-20-10-14-23(27)15-11-20/h10-11,14-15,17-19,21H,2-9,12-13,16H2,1H3. The number of hydrogen-bond acceptors (Lipinski definition) is 0. The van der Waals surface area contributed by atoms with Gasteiger partial charge in [0.1, 0.15) is 17.5 Å². The zero-order valence-corrected chi connectivity index (χ0v) is 17.5. The molecule has 1 aliphatic carbocycles. The predicted octanol–water partition coefficient (Wildman–Crippen LogP) is 8.33. The van der Waals surface area contributed by atoms with Crippen molar-refractivity contribution in [1.82, 2.24) is 0 Å². The van der Waals surface area contributed by atoms with Gasteiger partial charge >= 0.3 is 0 Å². The lowest BCUT2D eigenvalue weighted by atomic mass is 9.76. The molecule has 2 aromatic rings. The average molecular weight is 403 g/mol. The highest BCUT2D eigenvalue weighted by atomic mass is 19.1. The molecule has 3 heteroatoms. The second-order valence-corrected chi connectivity index (χ2v) is 8.69. The highest BCUT2D eigenvalue weighted by Crippen LogP contribution is 2.38. The van der Waals surface area contributed by atoms with Crippen LogP contribution in [0.4, 0.5) is 13.2 Å². The van der Waals surface area contributed by atoms with Crippen LogP contribution in [0.2, 0.25) is 0 Å². The number of benzene rings is 2. The van der Waals surface area contributed by atoms with Crippen LogP contribution in [0.15, 0.2) is 36.4 Å². The van der Waals surface area contributed by atoms with Gasteiger partial charge in [-0.15, -0.1) is 0 Å². The largest absolute Gasteiger partial charge is 0.207 e. The van der Waals surface area contributed by atoms with Gasteiger partial charge in [0.25, 0.3) is 0 Å². The van der Waals surface area contributed by atoms with Crippen molar-refractivity contribution in [2.45, 2.75) is 83.5 Å². The predicted molar refractivity (Wildman–Crippen MR) is 114 cm³/mol. The Morgan fingerprint density at radius 2 is 1.41 bits per heavy atom. The monoisotopic (exact) mass is 402 g/mol. The molecule has 0 nitrogen and oxygen atoms in total. The fourth-order valence-corrected chi connectivity index (χ4v) is 4.65. The molecule has 0 bridgehead atoms. The number of hydrogen-bond donors (Lipinski definition) is 0. The lowest BCUT2D eigenvalue weighted by Gasteiger charge is -2.29. The molecule has 0 saturated heterocycles. The number of unbranched alkanes of at least 4 members (excludes halogenated alkanes) is 4. The summed E-state index contributed by atoms with van der Waals surface area (Å²) in [5, 5.41) is 0. The second kappa shape index (κ2) is 10.8. The normalized spacial score (nSPS) is 19.4. The fourth-order valence-electron chi connectivity index (χ4n) is 4.65. The van der Waals surface area contributed by atoms with E-state index in [1.165, 1.54) is 75.6 Å². The maximum absolute atomic E-state index is 14.7. The minimum atomic E-state index is -0.484. The molecule has 158 valence electrons. The van der Waals surface area contributed by atoms with E-state index in [0.29, 0.717) is 5.56 Å². The zero-order valence-electron chi connectivity index (χ0n) is 17.5. The van der Waals surface area contributed by atoms with Crippen molar-refractivity contribution in [3.05, 3.63) is 70.5 Å². The van der Waals surface area contributed by atoms with Gasteiger partial charge in [-0.05, 0) is 72.9 Å². The Morgan fingerprint density at radius 3 is 2.03 bits per heavy atom. The zero-order chi connectivity index (χ0) is 20.6. The van der Waals surface area contributed by atoms with Gasteiger partial charge in [-0.2, -0.15) is 0 Å². The van der Waals surface area contributed by atoms with Crippen LogP contribution in [-0.2, 0) is 6.42 Å². The van der Waals surface area contributed by atoms with Gasteiger partial charge < -0.3 is 0 Å². The Morgan fingerprint density at radius 1 is 0.793 bits per heavy atom. The van der Waals surface area contributed by atoms with Crippen molar-refractivity contribution in [3.63, 3.8) is 0 Å². The van der Waals surface area contributed by atoms with Crippen molar-refractivity contribution in [2.75, 3.05) is 0 Å². The summed E-state index contributed by atoms with van der Waals surface area (Å²) in [4.78, 5) is 0. The fraction of sp³-hybridized carbons (Fsp3) is 0.538. The Kier molecular flexibility index (Phi) is 8.20. The molecule has 0 radical (unpaired) electrons. The van der Waals surface area contributed by atoms with Crippen LogP contribution in [-0.4, -0.2) is 0 Å². The van der Waals surface area contributed by atoms with E-state index < -0.39 is 11.6 Å². The third-order valence-electron chi connectivity index (χ3n) is 6.49. The molecule has 2 aromatic carbocycles. The third-order valence-corrected chi connectivity index (χ3v) is 6.49. The Hall–Kier alpha value is -1.77. The van der Waals surface area contributed by atoms with Crippen LogP contribution < -0.4 is 0 Å². The minimum Gasteiger partial charge on any atom is -0.207 e. The quantitative estimate of drug-likeness (QED) is 0.370. The molecular formula is C26H33F3. The maximum Gasteiger partial charge on any atom is 0.129 e. The first-order valence-electron chi connectivity index (χ1n) is 11.3. The summed E-state index contributed by atoms with van der Waals surface area (Å²) in [5.41, 5.74) is 1.57. The molecule has 1 aliphatic rings. The van der Waals surface area contributed by atoms with Crippen molar-refractivity contribution in [1.29, 1.82) is 0 Å². The summed E-state index contributed by atoms with van der Waals surface area (Å²) in [6, 6.07) is 8.84. The molecule has 29 heavy (non-hydrogen) atoms. The van der Waals surface area contributed by atoms with Crippen molar-refractivity contribution >= 4 is 0 Å². The van der Waals surface area contributed by atoms with Gasteiger partial charge in [0, 0.05) is 12.0 Å². The summed E-state index contributed by atoms with van der Waals surface area (Å²) in [6.07, 6.45) is 12.4. The minimum absolute atomic E-state index is 0.0705. The van der Waals surface area contributed by atoms with Crippen LogP contribution in [0.5, 0.6) is 0 Å². The van der Waals surface area contributed by atoms with Crippen molar-refractivity contribution in [3.8, 4) is 0 Å². The lowest BCUT2D eigenvalue weighted by molar-refractivity contribution is 0.301. The molecule has 0 N–H and O–H groups in total. The van der Waals surface area contributed by atoms with E-state index in [-0.39, 0.29) is 23.7 Å². The van der Waals surface area contributed by atoms with Crippen LogP contribution >= 0.6 is 0 Å². The van der Waals surface area contributed by atoms with E-state index in [2.05, 4.69) is 6.92 Å². The second-order valence-electron chi connectivity index (χ2n) is 8.69.